The van der Waals surface area contributed by atoms with Crippen molar-refractivity contribution in [3.05, 3.63) is 23.9 Å². The summed E-state index contributed by atoms with van der Waals surface area (Å²) < 4.78 is 0. The van der Waals surface area contributed by atoms with E-state index < -0.39 is 0 Å². The number of thioether (sulfide) groups is 1. The molecule has 100 valence electrons. The second kappa shape index (κ2) is 7.48. The first-order valence-electron chi connectivity index (χ1n) is 5.84. The number of aromatic nitrogens is 1. The molecule has 1 amide bonds. The van der Waals surface area contributed by atoms with Crippen LogP contribution in [0, 0.1) is 5.92 Å². The van der Waals surface area contributed by atoms with Crippen LogP contribution in [-0.4, -0.2) is 28.9 Å². The smallest absolute Gasteiger partial charge is 0.269 e. The van der Waals surface area contributed by atoms with Crippen molar-refractivity contribution in [3.8, 4) is 0 Å². The highest BCUT2D eigenvalue weighted by molar-refractivity contribution is 7.99. The fourth-order valence-electron chi connectivity index (χ4n) is 1.86. The molecule has 1 aliphatic heterocycles. The number of nitrogens with zero attached hydrogens (tertiary/aromatic N) is 1. The Morgan fingerprint density at radius 3 is 2.83 bits per heavy atom. The van der Waals surface area contributed by atoms with Crippen molar-refractivity contribution in [1.29, 1.82) is 0 Å². The molecule has 0 bridgehead atoms. The molecule has 1 aromatic heterocycles. The molecule has 3 N–H and O–H groups in total. The summed E-state index contributed by atoms with van der Waals surface area (Å²) in [6, 6.07) is 5.10. The first kappa shape index (κ1) is 15.1. The van der Waals surface area contributed by atoms with E-state index in [0.717, 1.165) is 6.54 Å². The average molecular weight is 288 g/mol. The minimum Gasteiger partial charge on any atom is -0.384 e. The predicted molar refractivity (Wildman–Crippen MR) is 78.3 cm³/mol. The van der Waals surface area contributed by atoms with Crippen LogP contribution in [0.5, 0.6) is 0 Å². The SMILES string of the molecule is Cl.Nc1cccc(C(=O)NCC2CCSCC2)n1. The number of rotatable bonds is 3. The van der Waals surface area contributed by atoms with Crippen molar-refractivity contribution in [3.63, 3.8) is 0 Å². The number of nitrogens with two attached hydrogens (primary N) is 1. The molecule has 18 heavy (non-hydrogen) atoms. The summed E-state index contributed by atoms with van der Waals surface area (Å²) in [6.45, 7) is 0.746. The number of halogens is 1. The molecule has 2 heterocycles. The van der Waals surface area contributed by atoms with Gasteiger partial charge in [-0.3, -0.25) is 4.79 Å². The lowest BCUT2D eigenvalue weighted by atomic mass is 10.0. The Bertz CT molecular complexity index is 397. The van der Waals surface area contributed by atoms with Crippen molar-refractivity contribution >= 4 is 35.9 Å². The zero-order chi connectivity index (χ0) is 12.1. The van der Waals surface area contributed by atoms with Gasteiger partial charge in [0.2, 0.25) is 0 Å². The highest BCUT2D eigenvalue weighted by Crippen LogP contribution is 2.21. The Morgan fingerprint density at radius 1 is 1.44 bits per heavy atom. The summed E-state index contributed by atoms with van der Waals surface area (Å²) >= 11 is 1.99. The van der Waals surface area contributed by atoms with Gasteiger partial charge in [-0.15, -0.1) is 12.4 Å². The van der Waals surface area contributed by atoms with E-state index in [2.05, 4.69) is 10.3 Å². The van der Waals surface area contributed by atoms with Crippen molar-refractivity contribution in [1.82, 2.24) is 10.3 Å². The van der Waals surface area contributed by atoms with Crippen LogP contribution in [-0.2, 0) is 0 Å². The lowest BCUT2D eigenvalue weighted by Gasteiger charge is -2.21. The van der Waals surface area contributed by atoms with Gasteiger partial charge in [-0.1, -0.05) is 6.07 Å². The zero-order valence-electron chi connectivity index (χ0n) is 10.1. The van der Waals surface area contributed by atoms with Gasteiger partial charge in [0.15, 0.2) is 0 Å². The Hall–Kier alpha value is -0.940. The number of carbonyl (C=O) groups is 1. The molecular weight excluding hydrogens is 270 g/mol. The molecule has 0 spiro atoms. The van der Waals surface area contributed by atoms with Gasteiger partial charge in [0.1, 0.15) is 11.5 Å². The van der Waals surface area contributed by atoms with E-state index >= 15 is 0 Å². The topological polar surface area (TPSA) is 68.0 Å². The van der Waals surface area contributed by atoms with Gasteiger partial charge in [0, 0.05) is 6.54 Å². The lowest BCUT2D eigenvalue weighted by Crippen LogP contribution is -2.31. The maximum absolute atomic E-state index is 11.8. The highest BCUT2D eigenvalue weighted by atomic mass is 35.5. The monoisotopic (exact) mass is 287 g/mol. The normalized spacial score (nSPS) is 15.8. The maximum atomic E-state index is 11.8. The van der Waals surface area contributed by atoms with Crippen molar-refractivity contribution in [2.24, 2.45) is 5.92 Å². The largest absolute Gasteiger partial charge is 0.384 e. The second-order valence-corrected chi connectivity index (χ2v) is 5.44. The van der Waals surface area contributed by atoms with Gasteiger partial charge >= 0.3 is 0 Å². The molecule has 6 heteroatoms. The van der Waals surface area contributed by atoms with E-state index in [4.69, 9.17) is 5.73 Å². The average Bonchev–Trinajstić information content (AvgIpc) is 2.37. The van der Waals surface area contributed by atoms with Crippen LogP contribution in [0.2, 0.25) is 0 Å². The fourth-order valence-corrected chi connectivity index (χ4v) is 3.06. The minimum atomic E-state index is -0.129. The number of anilines is 1. The Labute approximate surface area is 118 Å². The number of amides is 1. The molecule has 0 saturated carbocycles. The summed E-state index contributed by atoms with van der Waals surface area (Å²) in [5.74, 6) is 3.28. The van der Waals surface area contributed by atoms with E-state index in [9.17, 15) is 4.79 Å². The van der Waals surface area contributed by atoms with Gasteiger partial charge in [0.25, 0.3) is 5.91 Å². The Kier molecular flexibility index (Phi) is 6.29. The van der Waals surface area contributed by atoms with E-state index in [1.54, 1.807) is 18.2 Å². The molecule has 0 atom stereocenters. The van der Waals surface area contributed by atoms with E-state index in [1.165, 1.54) is 24.3 Å². The molecule has 4 nitrogen and oxygen atoms in total. The minimum absolute atomic E-state index is 0. The molecule has 0 aromatic carbocycles. The molecular formula is C12H18ClN3OS. The van der Waals surface area contributed by atoms with Crippen LogP contribution in [0.1, 0.15) is 23.3 Å². The molecule has 1 fully saturated rings. The molecule has 2 rings (SSSR count). The number of nitrogen functional groups attached to an aromatic ring is 1. The third-order valence-corrected chi connectivity index (χ3v) is 3.94. The number of nitrogens with one attached hydrogen (secondary N) is 1. The Balaban J connectivity index is 0.00000162. The number of carbonyl (C=O) groups excluding carboxylic acids is 1. The van der Waals surface area contributed by atoms with Crippen molar-refractivity contribution < 1.29 is 4.79 Å². The molecule has 0 aliphatic carbocycles. The standard InChI is InChI=1S/C12H17N3OS.ClH/c13-11-3-1-2-10(15-11)12(16)14-8-9-4-6-17-7-5-9;/h1-3,9H,4-8H2,(H2,13,15)(H,14,16);1H. The number of hydrogen-bond donors (Lipinski definition) is 2. The predicted octanol–water partition coefficient (Wildman–Crippen LogP) is 1.96. The summed E-state index contributed by atoms with van der Waals surface area (Å²) in [5.41, 5.74) is 5.94. The highest BCUT2D eigenvalue weighted by Gasteiger charge is 2.15. The molecule has 1 aliphatic rings. The molecule has 0 radical (unpaired) electrons. The molecule has 1 saturated heterocycles. The molecule has 1 aromatic rings. The van der Waals surface area contributed by atoms with Gasteiger partial charge < -0.3 is 11.1 Å². The van der Waals surface area contributed by atoms with E-state index in [0.29, 0.717) is 17.4 Å². The van der Waals surface area contributed by atoms with Crippen LogP contribution in [0.4, 0.5) is 5.82 Å². The Morgan fingerprint density at radius 2 is 2.17 bits per heavy atom. The second-order valence-electron chi connectivity index (χ2n) is 4.21. The first-order chi connectivity index (χ1) is 8.25. The zero-order valence-corrected chi connectivity index (χ0v) is 11.7. The number of hydrogen-bond acceptors (Lipinski definition) is 4. The molecule has 0 unspecified atom stereocenters. The van der Waals surface area contributed by atoms with Gasteiger partial charge in [-0.2, -0.15) is 11.8 Å². The van der Waals surface area contributed by atoms with E-state index in [-0.39, 0.29) is 18.3 Å². The third-order valence-electron chi connectivity index (χ3n) is 2.90. The van der Waals surface area contributed by atoms with E-state index in [1.807, 2.05) is 11.8 Å². The van der Waals surface area contributed by atoms with Crippen LogP contribution in [0.15, 0.2) is 18.2 Å². The summed E-state index contributed by atoms with van der Waals surface area (Å²) in [5, 5.41) is 2.93. The summed E-state index contributed by atoms with van der Waals surface area (Å²) in [4.78, 5) is 15.8. The van der Waals surface area contributed by atoms with Crippen molar-refractivity contribution in [2.45, 2.75) is 12.8 Å². The third kappa shape index (κ3) is 4.38. The fraction of sp³-hybridized carbons (Fsp3) is 0.500. The first-order valence-corrected chi connectivity index (χ1v) is 6.99. The van der Waals surface area contributed by atoms with Crippen LogP contribution < -0.4 is 11.1 Å². The van der Waals surface area contributed by atoms with Gasteiger partial charge in [-0.05, 0) is 42.4 Å². The van der Waals surface area contributed by atoms with Crippen LogP contribution in [0.25, 0.3) is 0 Å². The van der Waals surface area contributed by atoms with Crippen LogP contribution >= 0.6 is 24.2 Å². The lowest BCUT2D eigenvalue weighted by molar-refractivity contribution is 0.0941. The summed E-state index contributed by atoms with van der Waals surface area (Å²) in [6.07, 6.45) is 2.38. The van der Waals surface area contributed by atoms with Crippen molar-refractivity contribution in [2.75, 3.05) is 23.8 Å². The van der Waals surface area contributed by atoms with Crippen LogP contribution in [0.3, 0.4) is 0 Å². The summed E-state index contributed by atoms with van der Waals surface area (Å²) in [7, 11) is 0. The van der Waals surface area contributed by atoms with Gasteiger partial charge in [-0.25, -0.2) is 4.98 Å². The van der Waals surface area contributed by atoms with Gasteiger partial charge in [0.05, 0.1) is 0 Å². The quantitative estimate of drug-likeness (QED) is 0.892. The maximum Gasteiger partial charge on any atom is 0.269 e. The number of pyridine rings is 1.